The first kappa shape index (κ1) is 19.1. The molecule has 2 aliphatic heterocycles. The number of nitrogens with zero attached hydrogens (tertiary/aromatic N) is 2. The van der Waals surface area contributed by atoms with E-state index in [-0.39, 0.29) is 17.9 Å². The Bertz CT molecular complexity index is 908. The van der Waals surface area contributed by atoms with Crippen LogP contribution in [0.5, 0.6) is 17.2 Å². The topological polar surface area (TPSA) is 68.3 Å². The highest BCUT2D eigenvalue weighted by atomic mass is 16.6. The molecule has 0 bridgehead atoms. The van der Waals surface area contributed by atoms with E-state index in [0.717, 1.165) is 0 Å². The average molecular weight is 396 g/mol. The average Bonchev–Trinajstić information content (AvgIpc) is 2.77. The van der Waals surface area contributed by atoms with Gasteiger partial charge in [0.1, 0.15) is 11.9 Å². The predicted molar refractivity (Wildman–Crippen MR) is 106 cm³/mol. The fraction of sp³-hybridized carbons (Fsp3) is 0.364. The Morgan fingerprint density at radius 2 is 1.59 bits per heavy atom. The summed E-state index contributed by atoms with van der Waals surface area (Å²) in [5.41, 5.74) is 0.582. The van der Waals surface area contributed by atoms with Crippen molar-refractivity contribution in [2.24, 2.45) is 0 Å². The van der Waals surface area contributed by atoms with Gasteiger partial charge in [-0.15, -0.1) is 0 Å². The molecule has 0 aliphatic carbocycles. The molecule has 2 aromatic rings. The van der Waals surface area contributed by atoms with Crippen molar-refractivity contribution in [2.45, 2.75) is 19.1 Å². The first-order valence-corrected chi connectivity index (χ1v) is 9.71. The molecule has 0 aromatic heterocycles. The number of carbonyl (C=O) groups is 2. The maximum atomic E-state index is 13.0. The zero-order valence-corrected chi connectivity index (χ0v) is 16.5. The SMILES string of the molecule is COc1cccc(C(=O)N2CCN(C(=O)C3Oc4ccccc4OC3C)CC2)c1. The number of carbonyl (C=O) groups excluding carboxylic acids is 2. The highest BCUT2D eigenvalue weighted by Gasteiger charge is 2.38. The van der Waals surface area contributed by atoms with Gasteiger partial charge in [-0.2, -0.15) is 0 Å². The monoisotopic (exact) mass is 396 g/mol. The van der Waals surface area contributed by atoms with Crippen molar-refractivity contribution in [3.63, 3.8) is 0 Å². The van der Waals surface area contributed by atoms with E-state index in [9.17, 15) is 9.59 Å². The zero-order valence-electron chi connectivity index (χ0n) is 16.5. The molecule has 2 amide bonds. The molecule has 0 radical (unpaired) electrons. The molecule has 29 heavy (non-hydrogen) atoms. The van der Waals surface area contributed by atoms with Gasteiger partial charge in [-0.05, 0) is 37.3 Å². The number of methoxy groups -OCH3 is 1. The van der Waals surface area contributed by atoms with Gasteiger partial charge in [-0.3, -0.25) is 9.59 Å². The smallest absolute Gasteiger partial charge is 0.267 e. The molecular formula is C22H24N2O5. The van der Waals surface area contributed by atoms with Gasteiger partial charge < -0.3 is 24.0 Å². The third-order valence-corrected chi connectivity index (χ3v) is 5.28. The van der Waals surface area contributed by atoms with E-state index in [2.05, 4.69) is 0 Å². The minimum absolute atomic E-state index is 0.0597. The van der Waals surface area contributed by atoms with Crippen molar-refractivity contribution >= 4 is 11.8 Å². The van der Waals surface area contributed by atoms with Crippen molar-refractivity contribution < 1.29 is 23.8 Å². The van der Waals surface area contributed by atoms with Gasteiger partial charge >= 0.3 is 0 Å². The van der Waals surface area contributed by atoms with Crippen LogP contribution < -0.4 is 14.2 Å². The Kier molecular flexibility index (Phi) is 5.29. The van der Waals surface area contributed by atoms with Crippen molar-refractivity contribution in [3.05, 3.63) is 54.1 Å². The highest BCUT2D eigenvalue weighted by molar-refractivity contribution is 5.95. The Balaban J connectivity index is 1.38. The summed E-state index contributed by atoms with van der Waals surface area (Å²) in [5, 5.41) is 0. The highest BCUT2D eigenvalue weighted by Crippen LogP contribution is 2.34. The van der Waals surface area contributed by atoms with E-state index < -0.39 is 6.10 Å². The number of hydrogen-bond acceptors (Lipinski definition) is 5. The van der Waals surface area contributed by atoms with Crippen LogP contribution in [0, 0.1) is 0 Å². The van der Waals surface area contributed by atoms with Crippen LogP contribution in [0.2, 0.25) is 0 Å². The number of benzene rings is 2. The lowest BCUT2D eigenvalue weighted by molar-refractivity contribution is -0.145. The fourth-order valence-electron chi connectivity index (χ4n) is 3.64. The molecule has 2 aromatic carbocycles. The van der Waals surface area contributed by atoms with Crippen LogP contribution in [-0.4, -0.2) is 67.1 Å². The third-order valence-electron chi connectivity index (χ3n) is 5.28. The van der Waals surface area contributed by atoms with Crippen molar-refractivity contribution in [1.29, 1.82) is 0 Å². The Labute approximate surface area is 169 Å². The molecule has 2 atom stereocenters. The molecule has 2 aliphatic rings. The molecular weight excluding hydrogens is 372 g/mol. The lowest BCUT2D eigenvalue weighted by Gasteiger charge is -2.38. The number of hydrogen-bond donors (Lipinski definition) is 0. The summed E-state index contributed by atoms with van der Waals surface area (Å²) in [6.07, 6.45) is -1.07. The predicted octanol–water partition coefficient (Wildman–Crippen LogP) is 2.21. The number of piperazine rings is 1. The van der Waals surface area contributed by atoms with Gasteiger partial charge in [-0.25, -0.2) is 0 Å². The molecule has 7 heteroatoms. The minimum Gasteiger partial charge on any atom is -0.497 e. The molecule has 2 heterocycles. The zero-order chi connectivity index (χ0) is 20.4. The molecule has 0 N–H and O–H groups in total. The maximum absolute atomic E-state index is 13.0. The van der Waals surface area contributed by atoms with Gasteiger partial charge in [0.05, 0.1) is 7.11 Å². The molecule has 152 valence electrons. The number of fused-ring (bicyclic) bond motifs is 1. The van der Waals surface area contributed by atoms with Crippen LogP contribution in [0.15, 0.2) is 48.5 Å². The Morgan fingerprint density at radius 3 is 2.28 bits per heavy atom. The number of ether oxygens (including phenoxy) is 3. The standard InChI is InChI=1S/C22H24N2O5/c1-15-20(29-19-9-4-3-8-18(19)28-15)22(26)24-12-10-23(11-13-24)21(25)16-6-5-7-17(14-16)27-2/h3-9,14-15,20H,10-13H2,1-2H3. The van der Waals surface area contributed by atoms with Gasteiger partial charge in [0.2, 0.25) is 6.10 Å². The van der Waals surface area contributed by atoms with E-state index in [4.69, 9.17) is 14.2 Å². The summed E-state index contributed by atoms with van der Waals surface area (Å²) in [5.74, 6) is 1.71. The minimum atomic E-state index is -0.689. The van der Waals surface area contributed by atoms with E-state index in [0.29, 0.717) is 49.0 Å². The summed E-state index contributed by atoms with van der Waals surface area (Å²) in [6.45, 7) is 3.70. The van der Waals surface area contributed by atoms with Crippen LogP contribution in [-0.2, 0) is 4.79 Å². The first-order valence-electron chi connectivity index (χ1n) is 9.71. The number of amides is 2. The lowest BCUT2D eigenvalue weighted by Crippen LogP contribution is -2.56. The van der Waals surface area contributed by atoms with Gasteiger partial charge in [0.25, 0.3) is 11.8 Å². The van der Waals surface area contributed by atoms with Crippen LogP contribution in [0.4, 0.5) is 0 Å². The van der Waals surface area contributed by atoms with Gasteiger partial charge in [0.15, 0.2) is 11.5 Å². The van der Waals surface area contributed by atoms with Crippen LogP contribution in [0.1, 0.15) is 17.3 Å². The van der Waals surface area contributed by atoms with E-state index >= 15 is 0 Å². The molecule has 2 unspecified atom stereocenters. The summed E-state index contributed by atoms with van der Waals surface area (Å²) in [6, 6.07) is 14.4. The first-order chi connectivity index (χ1) is 14.1. The molecule has 1 saturated heterocycles. The van der Waals surface area contributed by atoms with E-state index in [1.54, 1.807) is 47.2 Å². The lowest BCUT2D eigenvalue weighted by atomic mass is 10.1. The second-order valence-corrected chi connectivity index (χ2v) is 7.16. The van der Waals surface area contributed by atoms with Crippen LogP contribution in [0.25, 0.3) is 0 Å². The van der Waals surface area contributed by atoms with Crippen molar-refractivity contribution in [3.8, 4) is 17.2 Å². The molecule has 0 spiro atoms. The summed E-state index contributed by atoms with van der Waals surface area (Å²) < 4.78 is 17.0. The van der Waals surface area contributed by atoms with Crippen LogP contribution >= 0.6 is 0 Å². The fourth-order valence-corrected chi connectivity index (χ4v) is 3.64. The van der Waals surface area contributed by atoms with Gasteiger partial charge in [-0.1, -0.05) is 18.2 Å². The molecule has 1 fully saturated rings. The summed E-state index contributed by atoms with van der Waals surface area (Å²) in [7, 11) is 1.57. The number of para-hydroxylation sites is 2. The second-order valence-electron chi connectivity index (χ2n) is 7.16. The van der Waals surface area contributed by atoms with Crippen molar-refractivity contribution in [2.75, 3.05) is 33.3 Å². The van der Waals surface area contributed by atoms with E-state index in [1.165, 1.54) is 0 Å². The number of rotatable bonds is 3. The molecule has 7 nitrogen and oxygen atoms in total. The Hall–Kier alpha value is -3.22. The Morgan fingerprint density at radius 1 is 0.931 bits per heavy atom. The van der Waals surface area contributed by atoms with Crippen molar-refractivity contribution in [1.82, 2.24) is 9.80 Å². The van der Waals surface area contributed by atoms with Crippen LogP contribution in [0.3, 0.4) is 0 Å². The quantitative estimate of drug-likeness (QED) is 0.796. The third kappa shape index (κ3) is 3.85. The van der Waals surface area contributed by atoms with Gasteiger partial charge in [0, 0.05) is 31.7 Å². The maximum Gasteiger partial charge on any atom is 0.267 e. The molecule has 0 saturated carbocycles. The largest absolute Gasteiger partial charge is 0.497 e. The molecule has 4 rings (SSSR count). The second kappa shape index (κ2) is 8.03. The summed E-state index contributed by atoms with van der Waals surface area (Å²) >= 11 is 0. The summed E-state index contributed by atoms with van der Waals surface area (Å²) in [4.78, 5) is 29.3. The van der Waals surface area contributed by atoms with E-state index in [1.807, 2.05) is 25.1 Å². The normalized spacial score (nSPS) is 20.9.